The number of alkyl carbamates (subject to hydrolysis) is 1. The maximum Gasteiger partial charge on any atom is 0.407 e. The van der Waals surface area contributed by atoms with Crippen LogP contribution in [0.5, 0.6) is 0 Å². The lowest BCUT2D eigenvalue weighted by molar-refractivity contribution is 0.0528. The number of carbonyl (C=O) groups is 1. The normalized spacial score (nSPS) is 14.5. The van der Waals surface area contributed by atoms with Crippen molar-refractivity contribution in [3.05, 3.63) is 0 Å². The predicted molar refractivity (Wildman–Crippen MR) is 56.8 cm³/mol. The van der Waals surface area contributed by atoms with Crippen molar-refractivity contribution in [2.75, 3.05) is 6.54 Å². The van der Waals surface area contributed by atoms with Gasteiger partial charge in [-0.15, -0.1) is 0 Å². The van der Waals surface area contributed by atoms with E-state index in [0.29, 0.717) is 0 Å². The molecule has 0 saturated carbocycles. The summed E-state index contributed by atoms with van der Waals surface area (Å²) in [5.74, 6) is 0. The molecule has 90 valence electrons. The molecule has 3 N–H and O–H groups in total. The molecule has 15 heavy (non-hydrogen) atoms. The van der Waals surface area contributed by atoms with E-state index in [-0.39, 0.29) is 6.54 Å². The molecule has 0 aliphatic heterocycles. The summed E-state index contributed by atoms with van der Waals surface area (Å²) in [5.41, 5.74) is -0.602. The van der Waals surface area contributed by atoms with Crippen LogP contribution in [0.3, 0.4) is 0 Å². The maximum absolute atomic E-state index is 11.1. The Kier molecular flexibility index (Phi) is 4.54. The zero-order valence-electron chi connectivity index (χ0n) is 9.40. The average Bonchev–Trinajstić information content (AvgIpc) is 1.94. The molecular weight excluding hydrogens is 220 g/mol. The van der Waals surface area contributed by atoms with E-state index >= 15 is 0 Å². The molecule has 0 aliphatic carbocycles. The van der Waals surface area contributed by atoms with Gasteiger partial charge in [-0.25, -0.2) is 18.4 Å². The number of sulfonamides is 1. The van der Waals surface area contributed by atoms with Crippen molar-refractivity contribution >= 4 is 16.1 Å². The zero-order valence-corrected chi connectivity index (χ0v) is 10.2. The second-order valence-corrected chi connectivity index (χ2v) is 6.27. The van der Waals surface area contributed by atoms with Crippen molar-refractivity contribution in [3.8, 4) is 0 Å². The molecule has 0 heterocycles. The molecule has 6 nitrogen and oxygen atoms in total. The summed E-state index contributed by atoms with van der Waals surface area (Å²) in [6, 6.07) is 0. The molecule has 0 aromatic carbocycles. The second-order valence-electron chi connectivity index (χ2n) is 4.28. The van der Waals surface area contributed by atoms with Gasteiger partial charge in [0.1, 0.15) is 5.60 Å². The average molecular weight is 238 g/mol. The van der Waals surface area contributed by atoms with Crippen molar-refractivity contribution in [2.45, 2.75) is 38.5 Å². The summed E-state index contributed by atoms with van der Waals surface area (Å²) in [6.07, 6.45) is -0.655. The summed E-state index contributed by atoms with van der Waals surface area (Å²) in [6.45, 7) is 6.50. The van der Waals surface area contributed by atoms with Gasteiger partial charge in [0.05, 0.1) is 5.25 Å². The fraction of sp³-hybridized carbons (Fsp3) is 0.875. The fourth-order valence-corrected chi connectivity index (χ4v) is 0.973. The molecule has 1 unspecified atom stereocenters. The smallest absolute Gasteiger partial charge is 0.407 e. The highest BCUT2D eigenvalue weighted by Crippen LogP contribution is 2.06. The van der Waals surface area contributed by atoms with Gasteiger partial charge in [-0.2, -0.15) is 0 Å². The van der Waals surface area contributed by atoms with E-state index in [1.807, 2.05) is 0 Å². The molecule has 0 bridgehead atoms. The van der Waals surface area contributed by atoms with Gasteiger partial charge in [0, 0.05) is 6.54 Å². The number of ether oxygens (including phenoxy) is 1. The van der Waals surface area contributed by atoms with E-state index in [1.54, 1.807) is 20.8 Å². The van der Waals surface area contributed by atoms with Crippen LogP contribution in [0.2, 0.25) is 0 Å². The van der Waals surface area contributed by atoms with Crippen molar-refractivity contribution in [2.24, 2.45) is 5.14 Å². The first-order valence-corrected chi connectivity index (χ1v) is 6.12. The molecular formula is C8H18N2O4S. The third-order valence-corrected chi connectivity index (χ3v) is 2.78. The number of rotatable bonds is 3. The van der Waals surface area contributed by atoms with Crippen LogP contribution in [0.25, 0.3) is 0 Å². The topological polar surface area (TPSA) is 98.5 Å². The molecule has 0 spiro atoms. The van der Waals surface area contributed by atoms with E-state index in [9.17, 15) is 13.2 Å². The molecule has 1 atom stereocenters. The van der Waals surface area contributed by atoms with Crippen molar-refractivity contribution in [1.29, 1.82) is 0 Å². The lowest BCUT2D eigenvalue weighted by atomic mass is 10.2. The molecule has 0 saturated heterocycles. The molecule has 0 fully saturated rings. The SMILES string of the molecule is CC(CNC(=O)OC(C)(C)C)S(N)(=O)=O. The van der Waals surface area contributed by atoms with Crippen LogP contribution in [-0.4, -0.2) is 31.9 Å². The Morgan fingerprint density at radius 2 is 1.93 bits per heavy atom. The number of carbonyl (C=O) groups excluding carboxylic acids is 1. The Morgan fingerprint density at radius 3 is 2.27 bits per heavy atom. The number of nitrogens with two attached hydrogens (primary N) is 1. The minimum absolute atomic E-state index is 0.0618. The van der Waals surface area contributed by atoms with E-state index in [2.05, 4.69) is 5.32 Å². The summed E-state index contributed by atoms with van der Waals surface area (Å²) < 4.78 is 26.5. The van der Waals surface area contributed by atoms with Gasteiger partial charge in [0.25, 0.3) is 0 Å². The standard InChI is InChI=1S/C8H18N2O4S/c1-6(15(9,12)13)5-10-7(11)14-8(2,3)4/h6H,5H2,1-4H3,(H,10,11)(H2,9,12,13). The Labute approximate surface area is 90.2 Å². The van der Waals surface area contributed by atoms with E-state index < -0.39 is 27.0 Å². The van der Waals surface area contributed by atoms with Gasteiger partial charge in [-0.05, 0) is 27.7 Å². The van der Waals surface area contributed by atoms with Gasteiger partial charge < -0.3 is 10.1 Å². The highest BCUT2D eigenvalue weighted by molar-refractivity contribution is 7.89. The molecule has 7 heteroatoms. The first kappa shape index (κ1) is 14.2. The Balaban J connectivity index is 4.03. The summed E-state index contributed by atoms with van der Waals surface area (Å²) in [4.78, 5) is 11.1. The Bertz CT molecular complexity index is 318. The molecule has 0 aliphatic rings. The van der Waals surface area contributed by atoms with Crippen LogP contribution >= 0.6 is 0 Å². The molecule has 0 rings (SSSR count). The number of hydrogen-bond acceptors (Lipinski definition) is 4. The molecule has 0 aromatic rings. The zero-order chi connectivity index (χ0) is 12.3. The van der Waals surface area contributed by atoms with E-state index in [4.69, 9.17) is 9.88 Å². The minimum Gasteiger partial charge on any atom is -0.444 e. The molecule has 0 aromatic heterocycles. The third-order valence-electron chi connectivity index (χ3n) is 1.49. The van der Waals surface area contributed by atoms with Crippen LogP contribution in [0, 0.1) is 0 Å². The maximum atomic E-state index is 11.1. The lowest BCUT2D eigenvalue weighted by Gasteiger charge is -2.20. The lowest BCUT2D eigenvalue weighted by Crippen LogP contribution is -2.40. The largest absolute Gasteiger partial charge is 0.444 e. The van der Waals surface area contributed by atoms with Crippen molar-refractivity contribution < 1.29 is 17.9 Å². The van der Waals surface area contributed by atoms with Gasteiger partial charge in [0.2, 0.25) is 10.0 Å². The van der Waals surface area contributed by atoms with Crippen molar-refractivity contribution in [3.63, 3.8) is 0 Å². The van der Waals surface area contributed by atoms with Gasteiger partial charge >= 0.3 is 6.09 Å². The summed E-state index contributed by atoms with van der Waals surface area (Å²) >= 11 is 0. The molecule has 0 radical (unpaired) electrons. The minimum atomic E-state index is -3.61. The summed E-state index contributed by atoms with van der Waals surface area (Å²) in [7, 11) is -3.61. The Morgan fingerprint density at radius 1 is 1.47 bits per heavy atom. The van der Waals surface area contributed by atoms with Crippen LogP contribution in [0.15, 0.2) is 0 Å². The monoisotopic (exact) mass is 238 g/mol. The van der Waals surface area contributed by atoms with Gasteiger partial charge in [-0.1, -0.05) is 0 Å². The van der Waals surface area contributed by atoms with Crippen LogP contribution in [0.4, 0.5) is 4.79 Å². The van der Waals surface area contributed by atoms with Gasteiger partial charge in [0.15, 0.2) is 0 Å². The number of primary sulfonamides is 1. The van der Waals surface area contributed by atoms with Gasteiger partial charge in [-0.3, -0.25) is 0 Å². The fourth-order valence-electron chi connectivity index (χ4n) is 0.657. The van der Waals surface area contributed by atoms with E-state index in [0.717, 1.165) is 0 Å². The number of hydrogen-bond donors (Lipinski definition) is 2. The van der Waals surface area contributed by atoms with Crippen LogP contribution < -0.4 is 10.5 Å². The van der Waals surface area contributed by atoms with E-state index in [1.165, 1.54) is 6.92 Å². The quantitative estimate of drug-likeness (QED) is 0.733. The predicted octanol–water partition coefficient (Wildman–Crippen LogP) is 0.188. The van der Waals surface area contributed by atoms with Crippen LogP contribution in [-0.2, 0) is 14.8 Å². The first-order valence-electron chi connectivity index (χ1n) is 4.51. The second kappa shape index (κ2) is 4.80. The highest BCUT2D eigenvalue weighted by atomic mass is 32.2. The van der Waals surface area contributed by atoms with Crippen LogP contribution in [0.1, 0.15) is 27.7 Å². The number of amides is 1. The first-order chi connectivity index (χ1) is 6.52. The Hall–Kier alpha value is -0.820. The summed E-state index contributed by atoms with van der Waals surface area (Å²) in [5, 5.41) is 6.37. The molecule has 1 amide bonds. The third kappa shape index (κ3) is 7.15. The number of nitrogens with one attached hydrogen (secondary N) is 1. The highest BCUT2D eigenvalue weighted by Gasteiger charge is 2.19. The van der Waals surface area contributed by atoms with Crippen molar-refractivity contribution in [1.82, 2.24) is 5.32 Å².